The molecule has 5 rings (SSSR count). The highest BCUT2D eigenvalue weighted by Gasteiger charge is 2.35. The van der Waals surface area contributed by atoms with Crippen LogP contribution in [0.5, 0.6) is 0 Å². The molecule has 0 atom stereocenters. The molecule has 0 spiro atoms. The molecular weight excluding hydrogens is 450 g/mol. The maximum absolute atomic E-state index is 13.7. The highest BCUT2D eigenvalue weighted by atomic mass is 32.2. The smallest absolute Gasteiger partial charge is 0.268 e. The van der Waals surface area contributed by atoms with Gasteiger partial charge in [-0.25, -0.2) is 8.42 Å². The maximum Gasteiger partial charge on any atom is 0.268 e. The van der Waals surface area contributed by atoms with Crippen molar-refractivity contribution in [2.75, 3.05) is 6.54 Å². The Labute approximate surface area is 199 Å². The average Bonchev–Trinajstić information content (AvgIpc) is 3.38. The van der Waals surface area contributed by atoms with Gasteiger partial charge >= 0.3 is 0 Å². The van der Waals surface area contributed by atoms with E-state index in [2.05, 4.69) is 15.3 Å². The Bertz CT molecular complexity index is 1480. The van der Waals surface area contributed by atoms with Gasteiger partial charge in [0, 0.05) is 43.4 Å². The summed E-state index contributed by atoms with van der Waals surface area (Å²) in [5.41, 5.74) is 6.84. The molecule has 9 heteroatoms. The third-order valence-electron chi connectivity index (χ3n) is 6.34. The van der Waals surface area contributed by atoms with E-state index in [0.29, 0.717) is 29.4 Å². The fraction of sp³-hybridized carbons (Fsp3) is 0.320. The third kappa shape index (κ3) is 3.74. The summed E-state index contributed by atoms with van der Waals surface area (Å²) in [4.78, 5) is 0.381. The molecule has 34 heavy (non-hydrogen) atoms. The predicted molar refractivity (Wildman–Crippen MR) is 129 cm³/mol. The molecule has 1 aliphatic heterocycles. The number of aryl methyl sites for hydroxylation is 5. The van der Waals surface area contributed by atoms with E-state index in [-0.39, 0.29) is 12.4 Å². The van der Waals surface area contributed by atoms with Crippen LogP contribution < -0.4 is 0 Å². The Hall–Kier alpha value is -3.30. The van der Waals surface area contributed by atoms with E-state index in [1.165, 1.54) is 4.31 Å². The first-order chi connectivity index (χ1) is 16.1. The zero-order chi connectivity index (χ0) is 24.2. The lowest BCUT2D eigenvalue weighted by Gasteiger charge is -2.28. The molecule has 0 saturated heterocycles. The van der Waals surface area contributed by atoms with Crippen molar-refractivity contribution in [2.24, 2.45) is 7.05 Å². The van der Waals surface area contributed by atoms with E-state index in [1.807, 2.05) is 71.1 Å². The summed E-state index contributed by atoms with van der Waals surface area (Å²) in [6.45, 7) is 8.28. The van der Waals surface area contributed by atoms with Crippen molar-refractivity contribution in [1.29, 1.82) is 0 Å². The molecule has 0 radical (unpaired) electrons. The number of benzene rings is 2. The van der Waals surface area contributed by atoms with Gasteiger partial charge in [0.2, 0.25) is 15.9 Å². The number of hydrogen-bond acceptors (Lipinski definition) is 6. The number of fused-ring (bicyclic) bond motifs is 1. The Kier molecular flexibility index (Phi) is 5.41. The first-order valence-corrected chi connectivity index (χ1v) is 12.6. The van der Waals surface area contributed by atoms with Gasteiger partial charge in [-0.2, -0.15) is 9.40 Å². The second-order valence-electron chi connectivity index (χ2n) is 8.99. The van der Waals surface area contributed by atoms with E-state index in [1.54, 1.807) is 4.68 Å². The van der Waals surface area contributed by atoms with Crippen LogP contribution in [0.15, 0.2) is 45.7 Å². The number of rotatable bonds is 4. The topological polar surface area (TPSA) is 94.1 Å². The lowest BCUT2D eigenvalue weighted by molar-refractivity contribution is 0.385. The van der Waals surface area contributed by atoms with Gasteiger partial charge < -0.3 is 4.42 Å². The molecular formula is C25H27N5O3S. The van der Waals surface area contributed by atoms with Gasteiger partial charge in [0.05, 0.1) is 4.90 Å². The zero-order valence-corrected chi connectivity index (χ0v) is 20.8. The van der Waals surface area contributed by atoms with Crippen molar-refractivity contribution in [3.63, 3.8) is 0 Å². The summed E-state index contributed by atoms with van der Waals surface area (Å²) in [5.74, 6) is 0.690. The van der Waals surface area contributed by atoms with Crippen LogP contribution >= 0.6 is 0 Å². The molecule has 8 nitrogen and oxygen atoms in total. The van der Waals surface area contributed by atoms with Crippen LogP contribution in [0.25, 0.3) is 23.0 Å². The Balaban J connectivity index is 1.51. The molecule has 176 valence electrons. The van der Waals surface area contributed by atoms with Gasteiger partial charge in [-0.3, -0.25) is 4.68 Å². The monoisotopic (exact) mass is 477 g/mol. The molecule has 3 heterocycles. The van der Waals surface area contributed by atoms with Gasteiger partial charge in [0.1, 0.15) is 0 Å². The van der Waals surface area contributed by atoms with Gasteiger partial charge in [-0.15, -0.1) is 10.2 Å². The molecule has 0 aliphatic carbocycles. The first-order valence-electron chi connectivity index (χ1n) is 11.2. The van der Waals surface area contributed by atoms with Crippen LogP contribution in [0, 0.1) is 27.7 Å². The first kappa shape index (κ1) is 22.5. The zero-order valence-electron chi connectivity index (χ0n) is 20.0. The van der Waals surface area contributed by atoms with Crippen molar-refractivity contribution < 1.29 is 12.8 Å². The molecule has 4 aromatic rings. The minimum absolute atomic E-state index is 0.204. The van der Waals surface area contributed by atoms with E-state index in [9.17, 15) is 8.42 Å². The lowest BCUT2D eigenvalue weighted by atomic mass is 10.1. The quantitative estimate of drug-likeness (QED) is 0.439. The Morgan fingerprint density at radius 1 is 0.912 bits per heavy atom. The van der Waals surface area contributed by atoms with Gasteiger partial charge in [-0.05, 0) is 51.0 Å². The van der Waals surface area contributed by atoms with Crippen LogP contribution in [0.4, 0.5) is 0 Å². The fourth-order valence-electron chi connectivity index (χ4n) is 4.78. The summed E-state index contributed by atoms with van der Waals surface area (Å²) in [5, 5.41) is 13.0. The van der Waals surface area contributed by atoms with E-state index in [4.69, 9.17) is 4.42 Å². The molecule has 2 aromatic carbocycles. The van der Waals surface area contributed by atoms with E-state index in [0.717, 1.165) is 39.1 Å². The van der Waals surface area contributed by atoms with Crippen molar-refractivity contribution >= 4 is 10.0 Å². The SMILES string of the molecule is Cc1ccc(-c2nnc(-c3nn(C)c4c3CN(S(=O)(=O)c3c(C)cc(C)cc3C)CC4)o2)cc1. The summed E-state index contributed by atoms with van der Waals surface area (Å²) >= 11 is 0. The lowest BCUT2D eigenvalue weighted by Crippen LogP contribution is -2.37. The number of aromatic nitrogens is 4. The van der Waals surface area contributed by atoms with Gasteiger partial charge in [-0.1, -0.05) is 35.4 Å². The number of sulfonamides is 1. The predicted octanol–water partition coefficient (Wildman–Crippen LogP) is 4.12. The summed E-state index contributed by atoms with van der Waals surface area (Å²) in [7, 11) is -1.83. The van der Waals surface area contributed by atoms with Crippen LogP contribution in [0.1, 0.15) is 33.5 Å². The molecule has 0 amide bonds. The second kappa shape index (κ2) is 8.18. The normalized spacial score (nSPS) is 14.4. The average molecular weight is 478 g/mol. The van der Waals surface area contributed by atoms with Crippen molar-refractivity contribution in [2.45, 2.75) is 45.6 Å². The van der Waals surface area contributed by atoms with Crippen molar-refractivity contribution in [3.8, 4) is 23.0 Å². The molecule has 0 bridgehead atoms. The van der Waals surface area contributed by atoms with Gasteiger partial charge in [0.25, 0.3) is 5.89 Å². The highest BCUT2D eigenvalue weighted by Crippen LogP contribution is 2.34. The van der Waals surface area contributed by atoms with Crippen LogP contribution in [-0.2, 0) is 30.0 Å². The Morgan fingerprint density at radius 3 is 2.24 bits per heavy atom. The largest absolute Gasteiger partial charge is 0.415 e. The molecule has 1 aliphatic rings. The van der Waals surface area contributed by atoms with Crippen LogP contribution in [0.3, 0.4) is 0 Å². The maximum atomic E-state index is 13.7. The van der Waals surface area contributed by atoms with Crippen molar-refractivity contribution in [3.05, 3.63) is 69.9 Å². The summed E-state index contributed by atoms with van der Waals surface area (Å²) < 4.78 is 36.6. The molecule has 0 saturated carbocycles. The third-order valence-corrected chi connectivity index (χ3v) is 8.49. The van der Waals surface area contributed by atoms with Crippen LogP contribution in [0.2, 0.25) is 0 Å². The molecule has 2 aromatic heterocycles. The van der Waals surface area contributed by atoms with E-state index < -0.39 is 10.0 Å². The molecule has 0 N–H and O–H groups in total. The second-order valence-corrected chi connectivity index (χ2v) is 10.9. The summed E-state index contributed by atoms with van der Waals surface area (Å²) in [6.07, 6.45) is 0.557. The Morgan fingerprint density at radius 2 is 1.56 bits per heavy atom. The minimum atomic E-state index is -3.68. The van der Waals surface area contributed by atoms with Gasteiger partial charge in [0.15, 0.2) is 5.69 Å². The summed E-state index contributed by atoms with van der Waals surface area (Å²) in [6, 6.07) is 11.7. The standard InChI is InChI=1S/C25H27N5O3S/c1-15-6-8-19(9-7-15)24-26-27-25(33-24)22-20-14-30(11-10-21(20)29(5)28-22)34(31,32)23-17(3)12-16(2)13-18(23)4/h6-9,12-13H,10-11,14H2,1-5H3. The molecule has 0 fully saturated rings. The molecule has 0 unspecified atom stereocenters. The minimum Gasteiger partial charge on any atom is -0.415 e. The van der Waals surface area contributed by atoms with Crippen molar-refractivity contribution in [1.82, 2.24) is 24.3 Å². The number of hydrogen-bond donors (Lipinski definition) is 0. The van der Waals surface area contributed by atoms with E-state index >= 15 is 0 Å². The highest BCUT2D eigenvalue weighted by molar-refractivity contribution is 7.89. The van der Waals surface area contributed by atoms with Crippen LogP contribution in [-0.4, -0.2) is 39.2 Å². The fourth-order valence-corrected chi connectivity index (χ4v) is 6.60. The number of nitrogens with zero attached hydrogens (tertiary/aromatic N) is 5.